The Bertz CT molecular complexity index is 859. The molecule has 0 spiro atoms. The molecule has 0 aliphatic heterocycles. The van der Waals surface area contributed by atoms with E-state index in [2.05, 4.69) is 6.92 Å². The Morgan fingerprint density at radius 3 is 2.55 bits per heavy atom. The predicted molar refractivity (Wildman–Crippen MR) is 112 cm³/mol. The van der Waals surface area contributed by atoms with Gasteiger partial charge >= 0.3 is 0 Å². The number of hydrogen-bond acceptors (Lipinski definition) is 5. The van der Waals surface area contributed by atoms with Crippen molar-refractivity contribution in [1.29, 1.82) is 0 Å². The summed E-state index contributed by atoms with van der Waals surface area (Å²) in [6.45, 7) is 4.26. The molecule has 2 N–H and O–H groups in total. The van der Waals surface area contributed by atoms with Crippen LogP contribution in [0.1, 0.15) is 72.6 Å². The van der Waals surface area contributed by atoms with E-state index >= 15 is 0 Å². The summed E-state index contributed by atoms with van der Waals surface area (Å²) >= 11 is 5.91. The van der Waals surface area contributed by atoms with Gasteiger partial charge in [-0.25, -0.2) is 0 Å². The van der Waals surface area contributed by atoms with E-state index in [0.717, 1.165) is 35.6 Å². The van der Waals surface area contributed by atoms with Crippen molar-refractivity contribution in [3.8, 4) is 17.4 Å². The first-order chi connectivity index (χ1) is 13.8. The van der Waals surface area contributed by atoms with Crippen molar-refractivity contribution in [1.82, 2.24) is 4.57 Å². The summed E-state index contributed by atoms with van der Waals surface area (Å²) in [5, 5.41) is 20.9. The lowest BCUT2D eigenvalue weighted by atomic mass is 10.1. The summed E-state index contributed by atoms with van der Waals surface area (Å²) in [5.41, 5.74) is 0.684. The first-order valence-electron chi connectivity index (χ1n) is 9.93. The van der Waals surface area contributed by atoms with Gasteiger partial charge in [0, 0.05) is 17.9 Å². The molecule has 1 aromatic carbocycles. The molecular formula is C22H28ClNO5. The molecule has 0 radical (unpaired) electrons. The molecule has 0 amide bonds. The Morgan fingerprint density at radius 2 is 1.86 bits per heavy atom. The van der Waals surface area contributed by atoms with Crippen LogP contribution in [0.15, 0.2) is 24.4 Å². The topological polar surface area (TPSA) is 88.8 Å². The van der Waals surface area contributed by atoms with Crippen LogP contribution in [-0.4, -0.2) is 33.1 Å². The summed E-state index contributed by atoms with van der Waals surface area (Å²) in [6.07, 6.45) is 5.56. The van der Waals surface area contributed by atoms with E-state index in [1.807, 2.05) is 6.92 Å². The van der Waals surface area contributed by atoms with Crippen molar-refractivity contribution in [3.05, 3.63) is 40.5 Å². The number of hydrogen-bond donors (Lipinski definition) is 2. The molecule has 1 heterocycles. The van der Waals surface area contributed by atoms with E-state index in [0.29, 0.717) is 30.2 Å². The number of unbranched alkanes of at least 4 members (excludes halogenated alkanes) is 3. The summed E-state index contributed by atoms with van der Waals surface area (Å²) in [7, 11) is 0. The van der Waals surface area contributed by atoms with Crippen LogP contribution in [0, 0.1) is 6.92 Å². The number of benzene rings is 1. The van der Waals surface area contributed by atoms with Crippen LogP contribution in [0.5, 0.6) is 17.4 Å². The SMILES string of the molecule is CCCCCCC(=O)n1cc(O)c(C(=O)CCCOc2ccc(Cl)cc2C)c1O. The lowest BCUT2D eigenvalue weighted by molar-refractivity contribution is 0.0889. The molecular weight excluding hydrogens is 394 g/mol. The minimum Gasteiger partial charge on any atom is -0.505 e. The average molecular weight is 422 g/mol. The van der Waals surface area contributed by atoms with Crippen molar-refractivity contribution < 1.29 is 24.5 Å². The van der Waals surface area contributed by atoms with Gasteiger partial charge in [0.05, 0.1) is 12.8 Å². The second-order valence-electron chi connectivity index (χ2n) is 7.07. The van der Waals surface area contributed by atoms with Crippen LogP contribution in [0.4, 0.5) is 0 Å². The van der Waals surface area contributed by atoms with Gasteiger partial charge in [-0.3, -0.25) is 14.2 Å². The number of nitrogens with zero attached hydrogens (tertiary/aromatic N) is 1. The molecule has 0 atom stereocenters. The highest BCUT2D eigenvalue weighted by Crippen LogP contribution is 2.31. The molecule has 0 aliphatic carbocycles. The average Bonchev–Trinajstić information content (AvgIpc) is 2.98. The zero-order valence-electron chi connectivity index (χ0n) is 16.9. The van der Waals surface area contributed by atoms with Crippen molar-refractivity contribution in [3.63, 3.8) is 0 Å². The van der Waals surface area contributed by atoms with Gasteiger partial charge in [0.15, 0.2) is 5.78 Å². The van der Waals surface area contributed by atoms with Crippen molar-refractivity contribution in [2.24, 2.45) is 0 Å². The third kappa shape index (κ3) is 6.26. The molecule has 158 valence electrons. The minimum absolute atomic E-state index is 0.0719. The number of carbonyl (C=O) groups excluding carboxylic acids is 2. The van der Waals surface area contributed by atoms with E-state index in [9.17, 15) is 19.8 Å². The molecule has 1 aromatic heterocycles. The quantitative estimate of drug-likeness (QED) is 0.368. The van der Waals surface area contributed by atoms with Crippen LogP contribution >= 0.6 is 11.6 Å². The highest BCUT2D eigenvalue weighted by molar-refractivity contribution is 6.30. The first kappa shape index (κ1) is 22.8. The number of ketones is 1. The second-order valence-corrected chi connectivity index (χ2v) is 7.51. The zero-order chi connectivity index (χ0) is 21.4. The van der Waals surface area contributed by atoms with Gasteiger partial charge in [-0.2, -0.15) is 0 Å². The molecule has 2 rings (SSSR count). The summed E-state index contributed by atoms with van der Waals surface area (Å²) in [4.78, 5) is 24.7. The molecule has 0 saturated carbocycles. The summed E-state index contributed by atoms with van der Waals surface area (Å²) in [6, 6.07) is 5.29. The number of Topliss-reactive ketones (excluding diaryl/α,β-unsaturated/α-hetero) is 1. The van der Waals surface area contributed by atoms with Gasteiger partial charge < -0.3 is 14.9 Å². The normalized spacial score (nSPS) is 10.9. The van der Waals surface area contributed by atoms with E-state index < -0.39 is 11.7 Å². The molecule has 7 heteroatoms. The van der Waals surface area contributed by atoms with Gasteiger partial charge in [0.25, 0.3) is 0 Å². The fourth-order valence-electron chi connectivity index (χ4n) is 3.08. The van der Waals surface area contributed by atoms with Crippen LogP contribution in [0.25, 0.3) is 0 Å². The largest absolute Gasteiger partial charge is 0.505 e. The second kappa shape index (κ2) is 10.9. The Morgan fingerprint density at radius 1 is 1.10 bits per heavy atom. The third-order valence-electron chi connectivity index (χ3n) is 4.69. The maximum absolute atomic E-state index is 12.4. The van der Waals surface area contributed by atoms with Crippen LogP contribution < -0.4 is 4.74 Å². The molecule has 0 unspecified atom stereocenters. The standard InChI is InChI=1S/C22H28ClNO5/c1-3-4-5-6-9-20(27)24-14-18(26)21(22(24)28)17(25)8-7-12-29-19-11-10-16(23)13-15(19)2/h10-11,13-14,26,28H,3-9,12H2,1-2H3. The molecule has 0 bridgehead atoms. The van der Waals surface area contributed by atoms with E-state index in [4.69, 9.17) is 16.3 Å². The van der Waals surface area contributed by atoms with E-state index in [1.165, 1.54) is 0 Å². The fourth-order valence-corrected chi connectivity index (χ4v) is 3.31. The van der Waals surface area contributed by atoms with Crippen molar-refractivity contribution in [2.45, 2.75) is 58.8 Å². The zero-order valence-corrected chi connectivity index (χ0v) is 17.7. The lowest BCUT2D eigenvalue weighted by Gasteiger charge is -2.09. The van der Waals surface area contributed by atoms with Crippen LogP contribution in [-0.2, 0) is 0 Å². The maximum Gasteiger partial charge on any atom is 0.233 e. The smallest absolute Gasteiger partial charge is 0.233 e. The lowest BCUT2D eigenvalue weighted by Crippen LogP contribution is -2.09. The Hall–Kier alpha value is -2.47. The third-order valence-corrected chi connectivity index (χ3v) is 4.93. The summed E-state index contributed by atoms with van der Waals surface area (Å²) in [5.74, 6) is -0.970. The predicted octanol–water partition coefficient (Wildman–Crippen LogP) is 5.51. The van der Waals surface area contributed by atoms with Crippen LogP contribution in [0.3, 0.4) is 0 Å². The molecule has 0 saturated heterocycles. The molecule has 2 aromatic rings. The van der Waals surface area contributed by atoms with Crippen molar-refractivity contribution >= 4 is 23.3 Å². The van der Waals surface area contributed by atoms with E-state index in [-0.39, 0.29) is 30.1 Å². The molecule has 6 nitrogen and oxygen atoms in total. The minimum atomic E-state index is -0.498. The highest BCUT2D eigenvalue weighted by atomic mass is 35.5. The molecule has 0 fully saturated rings. The number of halogens is 1. The first-order valence-corrected chi connectivity index (χ1v) is 10.3. The molecule has 29 heavy (non-hydrogen) atoms. The number of aryl methyl sites for hydroxylation is 1. The summed E-state index contributed by atoms with van der Waals surface area (Å²) < 4.78 is 6.61. The van der Waals surface area contributed by atoms with Gasteiger partial charge in [0.2, 0.25) is 11.8 Å². The number of aromatic hydroxyl groups is 2. The van der Waals surface area contributed by atoms with Crippen molar-refractivity contribution in [2.75, 3.05) is 6.61 Å². The van der Waals surface area contributed by atoms with E-state index in [1.54, 1.807) is 18.2 Å². The van der Waals surface area contributed by atoms with Gasteiger partial charge in [-0.1, -0.05) is 37.8 Å². The number of aromatic nitrogens is 1. The van der Waals surface area contributed by atoms with Gasteiger partial charge in [-0.05, 0) is 43.5 Å². The number of carbonyl (C=O) groups is 2. The Labute approximate surface area is 176 Å². The monoisotopic (exact) mass is 421 g/mol. The number of rotatable bonds is 11. The van der Waals surface area contributed by atoms with Crippen LogP contribution in [0.2, 0.25) is 5.02 Å². The maximum atomic E-state index is 12.4. The number of ether oxygens (including phenoxy) is 1. The Kier molecular flexibility index (Phi) is 8.58. The fraction of sp³-hybridized carbons (Fsp3) is 0.455. The van der Waals surface area contributed by atoms with Gasteiger partial charge in [0.1, 0.15) is 17.1 Å². The molecule has 0 aliphatic rings. The van der Waals surface area contributed by atoms with Gasteiger partial charge in [-0.15, -0.1) is 0 Å². The Balaban J connectivity index is 1.90. The highest BCUT2D eigenvalue weighted by Gasteiger charge is 2.24.